The van der Waals surface area contributed by atoms with Crippen LogP contribution in [0.25, 0.3) is 0 Å². The van der Waals surface area contributed by atoms with E-state index < -0.39 is 24.7 Å². The normalized spacial score (nSPS) is 12.6. The first-order valence-corrected chi connectivity index (χ1v) is 6.81. The molecule has 124 valence electrons. The molecule has 1 unspecified atom stereocenters. The second-order valence-corrected chi connectivity index (χ2v) is 4.77. The lowest BCUT2D eigenvalue weighted by Crippen LogP contribution is -2.40. The third kappa shape index (κ3) is 7.37. The van der Waals surface area contributed by atoms with Crippen molar-refractivity contribution in [1.82, 2.24) is 10.6 Å². The van der Waals surface area contributed by atoms with E-state index in [0.717, 1.165) is 0 Å². The number of rotatable bonds is 7. The van der Waals surface area contributed by atoms with Crippen LogP contribution in [0.4, 0.5) is 18.0 Å². The Bertz CT molecular complexity index is 486. The Morgan fingerprint density at radius 1 is 1.32 bits per heavy atom. The summed E-state index contributed by atoms with van der Waals surface area (Å²) in [7, 11) is 0. The van der Waals surface area contributed by atoms with Gasteiger partial charge in [0.2, 0.25) is 0 Å². The highest BCUT2D eigenvalue weighted by Gasteiger charge is 2.37. The van der Waals surface area contributed by atoms with Gasteiger partial charge in [0, 0.05) is 11.6 Å². The van der Waals surface area contributed by atoms with Gasteiger partial charge in [0.1, 0.15) is 12.4 Å². The molecule has 0 aromatic heterocycles. The number of ether oxygens (including phenoxy) is 1. The number of aliphatic hydroxyl groups is 1. The Morgan fingerprint density at radius 2 is 2.00 bits per heavy atom. The lowest BCUT2D eigenvalue weighted by atomic mass is 10.2. The summed E-state index contributed by atoms with van der Waals surface area (Å²) in [6.07, 6.45) is -7.72. The lowest BCUT2D eigenvalue weighted by molar-refractivity contribution is -0.204. The van der Waals surface area contributed by atoms with Crippen LogP contribution in [0.15, 0.2) is 24.3 Å². The van der Waals surface area contributed by atoms with Crippen molar-refractivity contribution >= 4 is 17.6 Å². The number of alkyl halides is 3. The van der Waals surface area contributed by atoms with Crippen molar-refractivity contribution in [2.45, 2.75) is 18.7 Å². The van der Waals surface area contributed by atoms with Crippen molar-refractivity contribution in [3.8, 4) is 5.75 Å². The Hall–Kier alpha value is -1.67. The van der Waals surface area contributed by atoms with Gasteiger partial charge in [-0.3, -0.25) is 0 Å². The molecule has 1 aromatic carbocycles. The van der Waals surface area contributed by atoms with Crippen LogP contribution in [0.1, 0.15) is 6.42 Å². The standard InChI is InChI=1S/C13H16ClF3N2O3/c14-9-2-1-3-10(8-9)22-7-6-19-12(21)18-5-4-11(20)13(15,16)17/h1-3,8,11,20H,4-7H2,(H2,18,19,21). The van der Waals surface area contributed by atoms with Gasteiger partial charge in [-0.2, -0.15) is 13.2 Å². The maximum Gasteiger partial charge on any atom is 0.414 e. The number of nitrogens with one attached hydrogen (secondary N) is 2. The van der Waals surface area contributed by atoms with Gasteiger partial charge in [-0.25, -0.2) is 4.79 Å². The number of amides is 2. The molecule has 22 heavy (non-hydrogen) atoms. The van der Waals surface area contributed by atoms with E-state index in [9.17, 15) is 18.0 Å². The molecule has 0 fully saturated rings. The van der Waals surface area contributed by atoms with E-state index in [1.165, 1.54) is 0 Å². The van der Waals surface area contributed by atoms with Crippen molar-refractivity contribution in [1.29, 1.82) is 0 Å². The topological polar surface area (TPSA) is 70.6 Å². The summed E-state index contributed by atoms with van der Waals surface area (Å²) in [5.41, 5.74) is 0. The molecule has 0 aliphatic rings. The van der Waals surface area contributed by atoms with Crippen molar-refractivity contribution in [2.24, 2.45) is 0 Å². The molecule has 2 amide bonds. The SMILES string of the molecule is O=C(NCCOc1cccc(Cl)c1)NCCC(O)C(F)(F)F. The number of hydrogen-bond donors (Lipinski definition) is 3. The molecule has 0 heterocycles. The minimum Gasteiger partial charge on any atom is -0.492 e. The van der Waals surface area contributed by atoms with Crippen molar-refractivity contribution in [2.75, 3.05) is 19.7 Å². The van der Waals surface area contributed by atoms with Crippen LogP contribution in [0.5, 0.6) is 5.75 Å². The second kappa shape index (κ2) is 8.70. The molecule has 1 rings (SSSR count). The highest BCUT2D eigenvalue weighted by Crippen LogP contribution is 2.21. The third-order valence-corrected chi connectivity index (χ3v) is 2.77. The lowest BCUT2D eigenvalue weighted by Gasteiger charge is -2.14. The fraction of sp³-hybridized carbons (Fsp3) is 0.462. The molecule has 0 bridgehead atoms. The van der Waals surface area contributed by atoms with E-state index in [4.69, 9.17) is 21.4 Å². The number of carbonyl (C=O) groups excluding carboxylic acids is 1. The summed E-state index contributed by atoms with van der Waals surface area (Å²) in [6, 6.07) is 6.08. The van der Waals surface area contributed by atoms with Crippen LogP contribution < -0.4 is 15.4 Å². The van der Waals surface area contributed by atoms with E-state index in [0.29, 0.717) is 10.8 Å². The number of aliphatic hydroxyl groups excluding tert-OH is 1. The summed E-state index contributed by atoms with van der Waals surface area (Å²) < 4.78 is 41.3. The van der Waals surface area contributed by atoms with Gasteiger partial charge in [-0.15, -0.1) is 0 Å². The Labute approximate surface area is 130 Å². The van der Waals surface area contributed by atoms with Crippen LogP contribution in [0, 0.1) is 0 Å². The molecule has 0 aliphatic heterocycles. The number of hydrogen-bond acceptors (Lipinski definition) is 3. The molecule has 9 heteroatoms. The van der Waals surface area contributed by atoms with Gasteiger partial charge in [0.25, 0.3) is 0 Å². The Morgan fingerprint density at radius 3 is 2.64 bits per heavy atom. The Kier molecular flexibility index (Phi) is 7.26. The molecule has 0 aliphatic carbocycles. The van der Waals surface area contributed by atoms with Crippen LogP contribution in [0.2, 0.25) is 5.02 Å². The number of benzene rings is 1. The molecular weight excluding hydrogens is 325 g/mol. The summed E-state index contributed by atoms with van der Waals surface area (Å²) in [5, 5.41) is 13.9. The summed E-state index contributed by atoms with van der Waals surface area (Å²) in [6.45, 7) is 0.0563. The monoisotopic (exact) mass is 340 g/mol. The smallest absolute Gasteiger partial charge is 0.414 e. The second-order valence-electron chi connectivity index (χ2n) is 4.33. The first kappa shape index (κ1) is 18.4. The van der Waals surface area contributed by atoms with E-state index in [1.54, 1.807) is 24.3 Å². The first-order chi connectivity index (χ1) is 10.3. The van der Waals surface area contributed by atoms with Gasteiger partial charge < -0.3 is 20.5 Å². The number of urea groups is 1. The molecule has 5 nitrogen and oxygen atoms in total. The fourth-order valence-corrected chi connectivity index (χ4v) is 1.62. The van der Waals surface area contributed by atoms with Crippen LogP contribution in [0.3, 0.4) is 0 Å². The molecule has 0 saturated heterocycles. The van der Waals surface area contributed by atoms with Crippen LogP contribution >= 0.6 is 11.6 Å². The van der Waals surface area contributed by atoms with Crippen molar-refractivity contribution in [3.05, 3.63) is 29.3 Å². The fourth-order valence-electron chi connectivity index (χ4n) is 1.44. The maximum atomic E-state index is 12.0. The molecule has 1 aromatic rings. The molecular formula is C13H16ClF3N2O3. The van der Waals surface area contributed by atoms with E-state index >= 15 is 0 Å². The summed E-state index contributed by atoms with van der Waals surface area (Å²) in [4.78, 5) is 11.3. The number of halogens is 4. The first-order valence-electron chi connectivity index (χ1n) is 6.44. The molecule has 1 atom stereocenters. The van der Waals surface area contributed by atoms with Gasteiger partial charge in [-0.05, 0) is 24.6 Å². The number of carbonyl (C=O) groups is 1. The van der Waals surface area contributed by atoms with Crippen molar-refractivity contribution in [3.63, 3.8) is 0 Å². The minimum atomic E-state index is -4.68. The largest absolute Gasteiger partial charge is 0.492 e. The maximum absolute atomic E-state index is 12.0. The zero-order valence-corrected chi connectivity index (χ0v) is 12.2. The minimum absolute atomic E-state index is 0.167. The third-order valence-electron chi connectivity index (χ3n) is 2.53. The molecule has 0 spiro atoms. The zero-order valence-electron chi connectivity index (χ0n) is 11.5. The average molecular weight is 341 g/mol. The van der Waals surface area contributed by atoms with Gasteiger partial charge in [0.15, 0.2) is 6.10 Å². The molecule has 0 radical (unpaired) electrons. The zero-order chi connectivity index (χ0) is 16.6. The molecule has 0 saturated carbocycles. The van der Waals surface area contributed by atoms with Gasteiger partial charge in [-0.1, -0.05) is 17.7 Å². The highest BCUT2D eigenvalue weighted by molar-refractivity contribution is 6.30. The van der Waals surface area contributed by atoms with Gasteiger partial charge >= 0.3 is 12.2 Å². The predicted molar refractivity (Wildman–Crippen MR) is 75.0 cm³/mol. The predicted octanol–water partition coefficient (Wildman–Crippen LogP) is 2.33. The Balaban J connectivity index is 2.11. The average Bonchev–Trinajstić information content (AvgIpc) is 2.42. The van der Waals surface area contributed by atoms with Crippen LogP contribution in [-0.4, -0.2) is 43.1 Å². The summed E-state index contributed by atoms with van der Waals surface area (Å²) in [5.74, 6) is 0.544. The van der Waals surface area contributed by atoms with Crippen LogP contribution in [-0.2, 0) is 0 Å². The van der Waals surface area contributed by atoms with E-state index in [1.807, 2.05) is 0 Å². The molecule has 3 N–H and O–H groups in total. The quantitative estimate of drug-likeness (QED) is 0.667. The highest BCUT2D eigenvalue weighted by atomic mass is 35.5. The van der Waals surface area contributed by atoms with Crippen molar-refractivity contribution < 1.29 is 27.8 Å². The van der Waals surface area contributed by atoms with E-state index in [-0.39, 0.29) is 19.7 Å². The van der Waals surface area contributed by atoms with E-state index in [2.05, 4.69) is 10.6 Å². The summed E-state index contributed by atoms with van der Waals surface area (Å²) >= 11 is 5.76. The van der Waals surface area contributed by atoms with Gasteiger partial charge in [0.05, 0.1) is 6.54 Å².